The summed E-state index contributed by atoms with van der Waals surface area (Å²) in [6.45, 7) is 0. The zero-order chi connectivity index (χ0) is 14.1. The standard InChI is InChI=1S/C7H7N2O8P/c10-7(18(15,16)17)6-4(8(11)12)2-1-3-5(6)9(13)14/h1-3,7,10H,(H2,15,16,17). The van der Waals surface area contributed by atoms with E-state index in [1.807, 2.05) is 0 Å². The van der Waals surface area contributed by atoms with Crippen molar-refractivity contribution in [3.63, 3.8) is 0 Å². The SMILES string of the molecule is O=[N+]([O-])c1cccc([N+](=O)[O-])c1C(O)P(=O)(O)O. The number of nitrogens with zero attached hydrogens (tertiary/aromatic N) is 2. The highest BCUT2D eigenvalue weighted by molar-refractivity contribution is 7.51. The van der Waals surface area contributed by atoms with E-state index < -0.39 is 40.2 Å². The quantitative estimate of drug-likeness (QED) is 0.410. The molecule has 0 aromatic heterocycles. The molecule has 0 bridgehead atoms. The highest BCUT2D eigenvalue weighted by atomic mass is 31.2. The molecule has 0 radical (unpaired) electrons. The maximum Gasteiger partial charge on any atom is 0.358 e. The van der Waals surface area contributed by atoms with Crippen LogP contribution in [0.3, 0.4) is 0 Å². The molecule has 0 fully saturated rings. The summed E-state index contributed by atoms with van der Waals surface area (Å²) in [7, 11) is -5.17. The van der Waals surface area contributed by atoms with E-state index in [0.717, 1.165) is 18.2 Å². The molecule has 3 N–H and O–H groups in total. The Bertz CT molecular complexity index is 520. The molecule has 18 heavy (non-hydrogen) atoms. The van der Waals surface area contributed by atoms with Crippen molar-refractivity contribution >= 4 is 19.0 Å². The summed E-state index contributed by atoms with van der Waals surface area (Å²) >= 11 is 0. The Morgan fingerprint density at radius 1 is 1.11 bits per heavy atom. The van der Waals surface area contributed by atoms with E-state index in [9.17, 15) is 29.9 Å². The van der Waals surface area contributed by atoms with Gasteiger partial charge < -0.3 is 14.9 Å². The zero-order valence-electron chi connectivity index (χ0n) is 8.53. The first-order chi connectivity index (χ1) is 8.16. The van der Waals surface area contributed by atoms with Crippen LogP contribution in [-0.2, 0) is 4.57 Å². The fourth-order valence-corrected chi connectivity index (χ4v) is 1.89. The van der Waals surface area contributed by atoms with Crippen LogP contribution >= 0.6 is 7.60 Å². The summed E-state index contributed by atoms with van der Waals surface area (Å²) in [5.74, 6) is -2.63. The molecular formula is C7H7N2O8P. The first-order valence-electron chi connectivity index (χ1n) is 4.31. The molecule has 0 amide bonds. The smallest absolute Gasteiger partial charge is 0.358 e. The van der Waals surface area contributed by atoms with Gasteiger partial charge in [-0.05, 0) is 6.07 Å². The molecule has 0 aliphatic rings. The molecule has 0 aliphatic heterocycles. The minimum Gasteiger partial charge on any atom is -0.376 e. The van der Waals surface area contributed by atoms with Gasteiger partial charge in [-0.15, -0.1) is 0 Å². The average Bonchev–Trinajstić information content (AvgIpc) is 2.25. The van der Waals surface area contributed by atoms with Gasteiger partial charge in [0.25, 0.3) is 11.4 Å². The molecule has 0 heterocycles. The summed E-state index contributed by atoms with van der Waals surface area (Å²) < 4.78 is 10.9. The van der Waals surface area contributed by atoms with Gasteiger partial charge in [-0.2, -0.15) is 0 Å². The third kappa shape index (κ3) is 2.68. The van der Waals surface area contributed by atoms with Crippen molar-refractivity contribution in [3.8, 4) is 0 Å². The Morgan fingerprint density at radius 3 is 1.78 bits per heavy atom. The van der Waals surface area contributed by atoms with Gasteiger partial charge >= 0.3 is 7.60 Å². The number of nitro benzene ring substituents is 2. The fraction of sp³-hybridized carbons (Fsp3) is 0.143. The van der Waals surface area contributed by atoms with E-state index in [1.165, 1.54) is 0 Å². The maximum atomic E-state index is 10.9. The summed E-state index contributed by atoms with van der Waals surface area (Å²) in [6.07, 6.45) is 0. The van der Waals surface area contributed by atoms with Gasteiger partial charge in [-0.1, -0.05) is 0 Å². The van der Waals surface area contributed by atoms with Crippen LogP contribution in [0.25, 0.3) is 0 Å². The zero-order valence-corrected chi connectivity index (χ0v) is 9.43. The molecular weight excluding hydrogens is 271 g/mol. The lowest BCUT2D eigenvalue weighted by atomic mass is 10.1. The number of hydrogen-bond acceptors (Lipinski definition) is 6. The van der Waals surface area contributed by atoms with Crippen molar-refractivity contribution in [1.82, 2.24) is 0 Å². The van der Waals surface area contributed by atoms with Gasteiger partial charge in [0, 0.05) is 12.1 Å². The first kappa shape index (κ1) is 14.2. The topological polar surface area (TPSA) is 164 Å². The van der Waals surface area contributed by atoms with Gasteiger partial charge in [0.15, 0.2) is 5.85 Å². The molecule has 98 valence electrons. The molecule has 1 aromatic rings. The van der Waals surface area contributed by atoms with E-state index in [-0.39, 0.29) is 0 Å². The van der Waals surface area contributed by atoms with Crippen molar-refractivity contribution in [1.29, 1.82) is 0 Å². The minimum absolute atomic E-state index is 0.807. The number of rotatable bonds is 4. The van der Waals surface area contributed by atoms with E-state index in [1.54, 1.807) is 0 Å². The lowest BCUT2D eigenvalue weighted by Gasteiger charge is -2.12. The number of aliphatic hydroxyl groups is 1. The number of aliphatic hydroxyl groups excluding tert-OH is 1. The third-order valence-corrected chi connectivity index (χ3v) is 2.93. The van der Waals surface area contributed by atoms with Crippen molar-refractivity contribution in [2.24, 2.45) is 0 Å². The third-order valence-electron chi connectivity index (χ3n) is 2.03. The van der Waals surface area contributed by atoms with E-state index in [0.29, 0.717) is 0 Å². The average molecular weight is 278 g/mol. The molecule has 0 spiro atoms. The minimum atomic E-state index is -5.17. The molecule has 0 saturated heterocycles. The van der Waals surface area contributed by atoms with Crippen LogP contribution in [0.4, 0.5) is 11.4 Å². The first-order valence-corrected chi connectivity index (χ1v) is 5.99. The highest BCUT2D eigenvalue weighted by Gasteiger charge is 2.39. The lowest BCUT2D eigenvalue weighted by Crippen LogP contribution is -2.07. The van der Waals surface area contributed by atoms with Crippen LogP contribution in [0.15, 0.2) is 18.2 Å². The van der Waals surface area contributed by atoms with Crippen molar-refractivity contribution < 1.29 is 29.3 Å². The van der Waals surface area contributed by atoms with Crippen LogP contribution in [0.5, 0.6) is 0 Å². The van der Waals surface area contributed by atoms with Crippen molar-refractivity contribution in [3.05, 3.63) is 44.0 Å². The Kier molecular flexibility index (Phi) is 3.77. The molecule has 11 heteroatoms. The second-order valence-corrected chi connectivity index (χ2v) is 4.85. The summed E-state index contributed by atoms with van der Waals surface area (Å²) in [5.41, 5.74) is -2.87. The Balaban J connectivity index is 3.60. The number of hydrogen-bond donors (Lipinski definition) is 3. The van der Waals surface area contributed by atoms with E-state index >= 15 is 0 Å². The predicted octanol–water partition coefficient (Wildman–Crippen LogP) is 0.672. The Hall–Kier alpha value is -1.87. The van der Waals surface area contributed by atoms with Crippen LogP contribution in [0.2, 0.25) is 0 Å². The molecule has 10 nitrogen and oxygen atoms in total. The monoisotopic (exact) mass is 278 g/mol. The van der Waals surface area contributed by atoms with Crippen molar-refractivity contribution in [2.45, 2.75) is 5.85 Å². The molecule has 1 unspecified atom stereocenters. The van der Waals surface area contributed by atoms with Crippen LogP contribution in [-0.4, -0.2) is 24.7 Å². The van der Waals surface area contributed by atoms with Gasteiger partial charge in [-0.3, -0.25) is 24.8 Å². The predicted molar refractivity (Wildman–Crippen MR) is 56.8 cm³/mol. The van der Waals surface area contributed by atoms with Crippen LogP contribution in [0.1, 0.15) is 11.4 Å². The second kappa shape index (κ2) is 4.78. The lowest BCUT2D eigenvalue weighted by molar-refractivity contribution is -0.396. The Morgan fingerprint density at radius 2 is 1.50 bits per heavy atom. The van der Waals surface area contributed by atoms with Gasteiger partial charge in [-0.25, -0.2) is 0 Å². The largest absolute Gasteiger partial charge is 0.376 e. The van der Waals surface area contributed by atoms with Crippen LogP contribution < -0.4 is 0 Å². The van der Waals surface area contributed by atoms with E-state index in [4.69, 9.17) is 9.79 Å². The second-order valence-electron chi connectivity index (χ2n) is 3.19. The van der Waals surface area contributed by atoms with Gasteiger partial charge in [0.1, 0.15) is 5.56 Å². The van der Waals surface area contributed by atoms with Gasteiger partial charge in [0.05, 0.1) is 9.85 Å². The summed E-state index contributed by atoms with van der Waals surface area (Å²) in [6, 6.07) is 2.59. The highest BCUT2D eigenvalue weighted by Crippen LogP contribution is 2.54. The number of benzene rings is 1. The van der Waals surface area contributed by atoms with E-state index in [2.05, 4.69) is 0 Å². The molecule has 1 rings (SSSR count). The van der Waals surface area contributed by atoms with Crippen molar-refractivity contribution in [2.75, 3.05) is 0 Å². The van der Waals surface area contributed by atoms with Crippen LogP contribution in [0, 0.1) is 20.2 Å². The molecule has 0 saturated carbocycles. The van der Waals surface area contributed by atoms with Gasteiger partial charge in [0.2, 0.25) is 0 Å². The molecule has 0 aliphatic carbocycles. The molecule has 1 atom stereocenters. The maximum absolute atomic E-state index is 10.9. The molecule has 1 aromatic carbocycles. The Labute approximate surface area is 98.9 Å². The fourth-order valence-electron chi connectivity index (χ4n) is 1.29. The normalized spacial score (nSPS) is 13.1. The summed E-state index contributed by atoms with van der Waals surface area (Å²) in [5, 5.41) is 30.6. The summed E-state index contributed by atoms with van der Waals surface area (Å²) in [4.78, 5) is 36.7. The number of nitro groups is 2.